The monoisotopic (exact) mass is 323 g/mol. The highest BCUT2D eigenvalue weighted by Gasteiger charge is 2.31. The number of hydrazine groups is 1. The Morgan fingerprint density at radius 3 is 2.41 bits per heavy atom. The summed E-state index contributed by atoms with van der Waals surface area (Å²) in [5.41, 5.74) is 4.85. The van der Waals surface area contributed by atoms with E-state index in [0.29, 0.717) is 23.4 Å². The molecule has 22 heavy (non-hydrogen) atoms. The lowest BCUT2D eigenvalue weighted by molar-refractivity contribution is -0.314. The van der Waals surface area contributed by atoms with Gasteiger partial charge in [0.1, 0.15) is 0 Å². The summed E-state index contributed by atoms with van der Waals surface area (Å²) in [7, 11) is 0. The minimum Gasteiger partial charge on any atom is -0.550 e. The fraction of sp³-hybridized carbons (Fsp3) is 0.400. The standard InChI is InChI=1S/C15H17ClN2O4/c16-10-5-3-4-9(8-10)13(19)17-18-14(20)11-6-1-2-7-12(11)15(21)22/h3-5,8,11-12H,1-2,6-7H2,(H,17,19)(H,18,20)(H,21,22)/p-1. The maximum Gasteiger partial charge on any atom is 0.269 e. The molecule has 1 fully saturated rings. The third-order valence-electron chi connectivity index (χ3n) is 3.79. The van der Waals surface area contributed by atoms with Crippen molar-refractivity contribution in [2.45, 2.75) is 25.7 Å². The van der Waals surface area contributed by atoms with Gasteiger partial charge in [0.05, 0.1) is 0 Å². The molecule has 0 bridgehead atoms. The van der Waals surface area contributed by atoms with E-state index in [1.807, 2.05) is 0 Å². The van der Waals surface area contributed by atoms with E-state index >= 15 is 0 Å². The summed E-state index contributed by atoms with van der Waals surface area (Å²) in [4.78, 5) is 35.0. The van der Waals surface area contributed by atoms with Crippen molar-refractivity contribution in [3.63, 3.8) is 0 Å². The second-order valence-electron chi connectivity index (χ2n) is 5.27. The number of rotatable bonds is 3. The van der Waals surface area contributed by atoms with Crippen LogP contribution in [-0.2, 0) is 9.59 Å². The summed E-state index contributed by atoms with van der Waals surface area (Å²) >= 11 is 5.79. The highest BCUT2D eigenvalue weighted by Crippen LogP contribution is 2.29. The lowest BCUT2D eigenvalue weighted by Gasteiger charge is -2.31. The molecule has 1 saturated carbocycles. The number of halogens is 1. The molecule has 1 aromatic rings. The molecule has 0 heterocycles. The van der Waals surface area contributed by atoms with Crippen molar-refractivity contribution in [1.82, 2.24) is 10.9 Å². The molecule has 2 atom stereocenters. The molecule has 0 spiro atoms. The van der Waals surface area contributed by atoms with Gasteiger partial charge in [-0.05, 0) is 31.0 Å². The third kappa shape index (κ3) is 3.98. The van der Waals surface area contributed by atoms with Gasteiger partial charge in [-0.15, -0.1) is 0 Å². The van der Waals surface area contributed by atoms with E-state index in [9.17, 15) is 19.5 Å². The number of aliphatic carboxylic acids is 1. The van der Waals surface area contributed by atoms with E-state index < -0.39 is 29.6 Å². The summed E-state index contributed by atoms with van der Waals surface area (Å²) in [6, 6.07) is 6.27. The Labute approximate surface area is 132 Å². The molecular weight excluding hydrogens is 308 g/mol. The van der Waals surface area contributed by atoms with Crippen LogP contribution in [0.4, 0.5) is 0 Å². The van der Waals surface area contributed by atoms with E-state index in [1.165, 1.54) is 6.07 Å². The molecule has 7 heteroatoms. The van der Waals surface area contributed by atoms with Gasteiger partial charge in [0.2, 0.25) is 5.91 Å². The maximum atomic E-state index is 12.1. The third-order valence-corrected chi connectivity index (χ3v) is 4.03. The molecule has 6 nitrogen and oxygen atoms in total. The zero-order valence-corrected chi connectivity index (χ0v) is 12.6. The molecular formula is C15H16ClN2O4-. The quantitative estimate of drug-likeness (QED) is 0.798. The van der Waals surface area contributed by atoms with E-state index in [0.717, 1.165) is 12.8 Å². The Bertz CT molecular complexity index is 591. The number of carbonyl (C=O) groups excluding carboxylic acids is 3. The molecule has 118 valence electrons. The summed E-state index contributed by atoms with van der Waals surface area (Å²) in [5, 5.41) is 11.5. The molecule has 2 unspecified atom stereocenters. The normalized spacial score (nSPS) is 21.0. The van der Waals surface area contributed by atoms with Gasteiger partial charge < -0.3 is 9.90 Å². The summed E-state index contributed by atoms with van der Waals surface area (Å²) in [6.45, 7) is 0. The number of hydrogen-bond acceptors (Lipinski definition) is 4. The number of hydrogen-bond donors (Lipinski definition) is 2. The van der Waals surface area contributed by atoms with Gasteiger partial charge in [-0.3, -0.25) is 20.4 Å². The number of carboxylic acid groups (broad SMARTS) is 1. The minimum atomic E-state index is -1.22. The number of nitrogens with one attached hydrogen (secondary N) is 2. The van der Waals surface area contributed by atoms with Gasteiger partial charge in [-0.2, -0.15) is 0 Å². The van der Waals surface area contributed by atoms with Gasteiger partial charge in [0.25, 0.3) is 5.91 Å². The van der Waals surface area contributed by atoms with Crippen LogP contribution in [0.25, 0.3) is 0 Å². The van der Waals surface area contributed by atoms with Crippen molar-refractivity contribution < 1.29 is 19.5 Å². The Morgan fingerprint density at radius 1 is 1.09 bits per heavy atom. The molecule has 2 N–H and O–H groups in total. The first-order valence-electron chi connectivity index (χ1n) is 7.05. The first-order valence-corrected chi connectivity index (χ1v) is 7.43. The SMILES string of the molecule is O=C(NNC(=O)C1CCCCC1C(=O)[O-])c1cccc(Cl)c1. The van der Waals surface area contributed by atoms with Crippen molar-refractivity contribution in [1.29, 1.82) is 0 Å². The fourth-order valence-electron chi connectivity index (χ4n) is 2.64. The predicted octanol–water partition coefficient (Wildman–Crippen LogP) is 0.657. The van der Waals surface area contributed by atoms with Crippen molar-refractivity contribution in [3.8, 4) is 0 Å². The van der Waals surface area contributed by atoms with E-state index in [2.05, 4.69) is 10.9 Å². The summed E-state index contributed by atoms with van der Waals surface area (Å²) in [5.74, 6) is -3.74. The Morgan fingerprint density at radius 2 is 1.77 bits per heavy atom. The van der Waals surface area contributed by atoms with E-state index in [-0.39, 0.29) is 0 Å². The molecule has 0 radical (unpaired) electrons. The molecule has 2 rings (SSSR count). The Kier molecular flexibility index (Phi) is 5.38. The summed E-state index contributed by atoms with van der Waals surface area (Å²) in [6.07, 6.45) is 2.43. The highest BCUT2D eigenvalue weighted by atomic mass is 35.5. The lowest BCUT2D eigenvalue weighted by Crippen LogP contribution is -2.49. The van der Waals surface area contributed by atoms with E-state index in [4.69, 9.17) is 11.6 Å². The minimum absolute atomic E-state index is 0.299. The van der Waals surface area contributed by atoms with Crippen molar-refractivity contribution in [3.05, 3.63) is 34.9 Å². The highest BCUT2D eigenvalue weighted by molar-refractivity contribution is 6.30. The summed E-state index contributed by atoms with van der Waals surface area (Å²) < 4.78 is 0. The van der Waals surface area contributed by atoms with Crippen LogP contribution in [0.3, 0.4) is 0 Å². The van der Waals surface area contributed by atoms with Crippen LogP contribution >= 0.6 is 11.6 Å². The lowest BCUT2D eigenvalue weighted by atomic mass is 9.79. The number of carboxylic acids is 1. The Hall–Kier alpha value is -2.08. The molecule has 1 aliphatic rings. The maximum absolute atomic E-state index is 12.1. The van der Waals surface area contributed by atoms with Crippen LogP contribution < -0.4 is 16.0 Å². The first-order chi connectivity index (χ1) is 10.5. The van der Waals surface area contributed by atoms with Crippen molar-refractivity contribution in [2.75, 3.05) is 0 Å². The van der Waals surface area contributed by atoms with Gasteiger partial charge in [-0.1, -0.05) is 30.5 Å². The molecule has 2 amide bonds. The molecule has 1 aromatic carbocycles. The first kappa shape index (κ1) is 16.3. The molecule has 1 aliphatic carbocycles. The van der Waals surface area contributed by atoms with Gasteiger partial charge in [-0.25, -0.2) is 0 Å². The van der Waals surface area contributed by atoms with Crippen LogP contribution in [0.15, 0.2) is 24.3 Å². The largest absolute Gasteiger partial charge is 0.550 e. The second kappa shape index (κ2) is 7.26. The van der Waals surface area contributed by atoms with Crippen LogP contribution in [0.2, 0.25) is 5.02 Å². The Balaban J connectivity index is 1.94. The molecule has 0 aromatic heterocycles. The predicted molar refractivity (Wildman–Crippen MR) is 77.5 cm³/mol. The van der Waals surface area contributed by atoms with Gasteiger partial charge in [0.15, 0.2) is 0 Å². The number of benzene rings is 1. The van der Waals surface area contributed by atoms with Crippen LogP contribution in [0.1, 0.15) is 36.0 Å². The van der Waals surface area contributed by atoms with E-state index in [1.54, 1.807) is 18.2 Å². The average molecular weight is 324 g/mol. The zero-order chi connectivity index (χ0) is 16.1. The number of amides is 2. The van der Waals surface area contributed by atoms with Crippen LogP contribution in [0.5, 0.6) is 0 Å². The average Bonchev–Trinajstić information content (AvgIpc) is 2.52. The van der Waals surface area contributed by atoms with Gasteiger partial charge >= 0.3 is 0 Å². The fourth-order valence-corrected chi connectivity index (χ4v) is 2.83. The van der Waals surface area contributed by atoms with Crippen LogP contribution in [0, 0.1) is 11.8 Å². The smallest absolute Gasteiger partial charge is 0.269 e. The molecule has 0 saturated heterocycles. The zero-order valence-electron chi connectivity index (χ0n) is 11.8. The second-order valence-corrected chi connectivity index (χ2v) is 5.71. The van der Waals surface area contributed by atoms with Crippen molar-refractivity contribution in [2.24, 2.45) is 11.8 Å². The van der Waals surface area contributed by atoms with Gasteiger partial charge in [0, 0.05) is 28.4 Å². The number of carbonyl (C=O) groups is 3. The van der Waals surface area contributed by atoms with Crippen molar-refractivity contribution >= 4 is 29.4 Å². The van der Waals surface area contributed by atoms with Crippen LogP contribution in [-0.4, -0.2) is 17.8 Å². The molecule has 0 aliphatic heterocycles. The topological polar surface area (TPSA) is 98.3 Å².